The Labute approximate surface area is 98.2 Å². The molecule has 0 saturated heterocycles. The zero-order valence-corrected chi connectivity index (χ0v) is 10.4. The molecule has 0 aliphatic rings. The maximum Gasteiger partial charge on any atom is 0.185 e. The molecule has 1 aromatic rings. The summed E-state index contributed by atoms with van der Waals surface area (Å²) in [5.74, 6) is 0.0137. The average molecular weight is 216 g/mol. The molecule has 1 nitrogen and oxygen atoms in total. The summed E-state index contributed by atoms with van der Waals surface area (Å²) in [4.78, 5) is 11.8. The first-order valence-electron chi connectivity index (χ1n) is 5.79. The molecule has 16 heavy (non-hydrogen) atoms. The van der Waals surface area contributed by atoms with Gasteiger partial charge in [0.15, 0.2) is 5.78 Å². The first-order valence-corrected chi connectivity index (χ1v) is 5.79. The van der Waals surface area contributed by atoms with E-state index >= 15 is 0 Å². The highest BCUT2D eigenvalue weighted by Crippen LogP contribution is 2.31. The van der Waals surface area contributed by atoms with Crippen LogP contribution in [0.15, 0.2) is 36.9 Å². The van der Waals surface area contributed by atoms with Gasteiger partial charge < -0.3 is 0 Å². The number of carbonyl (C=O) groups excluding carboxylic acids is 1. The lowest BCUT2D eigenvalue weighted by Crippen LogP contribution is -2.20. The number of hydrogen-bond acceptors (Lipinski definition) is 1. The van der Waals surface area contributed by atoms with Crippen molar-refractivity contribution in [2.24, 2.45) is 0 Å². The van der Waals surface area contributed by atoms with Crippen LogP contribution in [0, 0.1) is 0 Å². The monoisotopic (exact) mass is 216 g/mol. The van der Waals surface area contributed by atoms with Crippen molar-refractivity contribution in [2.45, 2.75) is 39.0 Å². The van der Waals surface area contributed by atoms with E-state index in [2.05, 4.69) is 27.4 Å². The summed E-state index contributed by atoms with van der Waals surface area (Å²) in [6.07, 6.45) is 3.58. The summed E-state index contributed by atoms with van der Waals surface area (Å²) >= 11 is 0. The molecule has 0 heterocycles. The fourth-order valence-corrected chi connectivity index (χ4v) is 2.16. The molecular formula is C15H20O. The van der Waals surface area contributed by atoms with E-state index in [-0.39, 0.29) is 11.2 Å². The van der Waals surface area contributed by atoms with Gasteiger partial charge in [0.25, 0.3) is 0 Å². The quantitative estimate of drug-likeness (QED) is 0.534. The molecule has 0 aliphatic carbocycles. The number of ketones is 1. The van der Waals surface area contributed by atoms with Crippen LogP contribution in [0.4, 0.5) is 0 Å². The van der Waals surface area contributed by atoms with Crippen molar-refractivity contribution < 1.29 is 4.79 Å². The summed E-state index contributed by atoms with van der Waals surface area (Å²) < 4.78 is 0. The largest absolute Gasteiger partial charge is 0.289 e. The molecule has 0 saturated carbocycles. The lowest BCUT2D eigenvalue weighted by molar-refractivity contribution is 0.104. The third-order valence-electron chi connectivity index (χ3n) is 2.98. The van der Waals surface area contributed by atoms with E-state index in [4.69, 9.17) is 0 Å². The van der Waals surface area contributed by atoms with Gasteiger partial charge in [0, 0.05) is 5.56 Å². The third kappa shape index (κ3) is 2.60. The van der Waals surface area contributed by atoms with Crippen molar-refractivity contribution in [1.29, 1.82) is 0 Å². The van der Waals surface area contributed by atoms with Crippen LogP contribution in [0.5, 0.6) is 0 Å². The summed E-state index contributed by atoms with van der Waals surface area (Å²) in [5.41, 5.74) is 1.96. The summed E-state index contributed by atoms with van der Waals surface area (Å²) in [6.45, 7) is 10.1. The first kappa shape index (κ1) is 12.7. The van der Waals surface area contributed by atoms with Gasteiger partial charge in [0.05, 0.1) is 0 Å². The van der Waals surface area contributed by atoms with E-state index in [0.717, 1.165) is 24.0 Å². The molecule has 0 radical (unpaired) electrons. The highest BCUT2D eigenvalue weighted by Gasteiger charge is 2.23. The first-order chi connectivity index (χ1) is 7.53. The van der Waals surface area contributed by atoms with Gasteiger partial charge in [-0.25, -0.2) is 0 Å². The highest BCUT2D eigenvalue weighted by atomic mass is 16.1. The van der Waals surface area contributed by atoms with Gasteiger partial charge in [0.2, 0.25) is 0 Å². The zero-order valence-electron chi connectivity index (χ0n) is 10.4. The SMILES string of the molecule is C=CC(=O)c1ccccc1C(C)(C)CCC. The molecule has 0 amide bonds. The van der Waals surface area contributed by atoms with Gasteiger partial charge in [0.1, 0.15) is 0 Å². The maximum atomic E-state index is 11.8. The van der Waals surface area contributed by atoms with E-state index in [9.17, 15) is 4.79 Å². The van der Waals surface area contributed by atoms with E-state index in [1.807, 2.05) is 24.3 Å². The molecule has 0 atom stereocenters. The minimum Gasteiger partial charge on any atom is -0.289 e. The predicted molar refractivity (Wildman–Crippen MR) is 68.9 cm³/mol. The molecule has 1 aromatic carbocycles. The Morgan fingerprint density at radius 2 is 2.00 bits per heavy atom. The van der Waals surface area contributed by atoms with Crippen molar-refractivity contribution in [1.82, 2.24) is 0 Å². The number of allylic oxidation sites excluding steroid dienone is 1. The Morgan fingerprint density at radius 1 is 1.38 bits per heavy atom. The van der Waals surface area contributed by atoms with Crippen molar-refractivity contribution in [2.75, 3.05) is 0 Å². The average Bonchev–Trinajstić information content (AvgIpc) is 2.28. The number of benzene rings is 1. The Morgan fingerprint density at radius 3 is 2.56 bits per heavy atom. The van der Waals surface area contributed by atoms with Crippen molar-refractivity contribution in [3.8, 4) is 0 Å². The van der Waals surface area contributed by atoms with Crippen molar-refractivity contribution >= 4 is 5.78 Å². The highest BCUT2D eigenvalue weighted by molar-refractivity contribution is 6.05. The van der Waals surface area contributed by atoms with Gasteiger partial charge in [-0.1, -0.05) is 58.0 Å². The lowest BCUT2D eigenvalue weighted by Gasteiger charge is -2.26. The molecule has 0 fully saturated rings. The second kappa shape index (κ2) is 5.11. The zero-order chi connectivity index (χ0) is 12.2. The second-order valence-corrected chi connectivity index (χ2v) is 4.75. The van der Waals surface area contributed by atoms with Crippen molar-refractivity contribution in [3.63, 3.8) is 0 Å². The third-order valence-corrected chi connectivity index (χ3v) is 2.98. The number of carbonyl (C=O) groups is 1. The minimum atomic E-state index is 0.0137. The molecule has 1 rings (SSSR count). The molecule has 0 aliphatic heterocycles. The Hall–Kier alpha value is -1.37. The number of hydrogen-bond donors (Lipinski definition) is 0. The summed E-state index contributed by atoms with van der Waals surface area (Å²) in [6, 6.07) is 7.83. The smallest absolute Gasteiger partial charge is 0.185 e. The molecule has 0 unspecified atom stereocenters. The van der Waals surface area contributed by atoms with Crippen LogP contribution >= 0.6 is 0 Å². The standard InChI is InChI=1S/C15H20O/c1-5-11-15(3,4)13-10-8-7-9-12(13)14(16)6-2/h6-10H,2,5,11H2,1,3-4H3. The molecule has 0 bridgehead atoms. The fourth-order valence-electron chi connectivity index (χ4n) is 2.16. The summed E-state index contributed by atoms with van der Waals surface area (Å²) in [5, 5.41) is 0. The Balaban J connectivity index is 3.22. The van der Waals surface area contributed by atoms with Crippen LogP contribution < -0.4 is 0 Å². The number of rotatable bonds is 5. The lowest BCUT2D eigenvalue weighted by atomic mass is 9.77. The molecule has 1 heteroatoms. The van der Waals surface area contributed by atoms with Gasteiger partial charge >= 0.3 is 0 Å². The predicted octanol–water partition coefficient (Wildman–Crippen LogP) is 4.13. The van der Waals surface area contributed by atoms with Crippen LogP contribution in [0.25, 0.3) is 0 Å². The Bertz CT molecular complexity index is 388. The van der Waals surface area contributed by atoms with E-state index in [1.54, 1.807) is 0 Å². The second-order valence-electron chi connectivity index (χ2n) is 4.75. The molecule has 0 N–H and O–H groups in total. The van der Waals surface area contributed by atoms with Gasteiger partial charge in [-0.3, -0.25) is 4.79 Å². The van der Waals surface area contributed by atoms with Crippen molar-refractivity contribution in [3.05, 3.63) is 48.0 Å². The van der Waals surface area contributed by atoms with E-state index < -0.39 is 0 Å². The maximum absolute atomic E-state index is 11.8. The van der Waals surface area contributed by atoms with Crippen LogP contribution in [-0.4, -0.2) is 5.78 Å². The minimum absolute atomic E-state index is 0.0137. The molecular weight excluding hydrogens is 196 g/mol. The summed E-state index contributed by atoms with van der Waals surface area (Å²) in [7, 11) is 0. The van der Waals surface area contributed by atoms with Crippen LogP contribution in [0.1, 0.15) is 49.5 Å². The van der Waals surface area contributed by atoms with Gasteiger partial charge in [-0.05, 0) is 23.5 Å². The normalized spacial score (nSPS) is 11.2. The van der Waals surface area contributed by atoms with Crippen LogP contribution in [0.2, 0.25) is 0 Å². The molecule has 0 aromatic heterocycles. The topological polar surface area (TPSA) is 17.1 Å². The Kier molecular flexibility index (Phi) is 4.05. The van der Waals surface area contributed by atoms with E-state index in [0.29, 0.717) is 0 Å². The molecule has 86 valence electrons. The van der Waals surface area contributed by atoms with Crippen LogP contribution in [0.3, 0.4) is 0 Å². The fraction of sp³-hybridized carbons (Fsp3) is 0.400. The molecule has 0 spiro atoms. The van der Waals surface area contributed by atoms with Gasteiger partial charge in [-0.15, -0.1) is 0 Å². The van der Waals surface area contributed by atoms with Crippen LogP contribution in [-0.2, 0) is 5.41 Å². The van der Waals surface area contributed by atoms with Gasteiger partial charge in [-0.2, -0.15) is 0 Å². The van der Waals surface area contributed by atoms with E-state index in [1.165, 1.54) is 6.08 Å².